The molecule has 1 aromatic heterocycles. The lowest BCUT2D eigenvalue weighted by atomic mass is 10.2. The Balaban J connectivity index is 2.12. The van der Waals surface area contributed by atoms with Crippen molar-refractivity contribution in [1.29, 1.82) is 5.26 Å². The van der Waals surface area contributed by atoms with Crippen LogP contribution in [0.5, 0.6) is 0 Å². The third kappa shape index (κ3) is 3.95. The number of nitrogens with one attached hydrogen (secondary N) is 4. The van der Waals surface area contributed by atoms with Gasteiger partial charge in [0.25, 0.3) is 11.8 Å². The SMILES string of the molecule is CNC(=O)c1[nH]cnc1NN=C(C#N)C(=O)Nc1cccc(C)c1. The molecule has 0 atom stereocenters. The van der Waals surface area contributed by atoms with Gasteiger partial charge in [-0.05, 0) is 24.6 Å². The average Bonchev–Trinajstić information content (AvgIpc) is 3.03. The zero-order valence-electron chi connectivity index (χ0n) is 13.0. The number of hydrazone groups is 1. The van der Waals surface area contributed by atoms with Crippen LogP contribution in [0, 0.1) is 18.3 Å². The Morgan fingerprint density at radius 1 is 1.38 bits per heavy atom. The molecular weight excluding hydrogens is 310 g/mol. The molecule has 0 aliphatic rings. The van der Waals surface area contributed by atoms with Crippen LogP contribution in [0.1, 0.15) is 16.1 Å². The quantitative estimate of drug-likeness (QED) is 0.480. The lowest BCUT2D eigenvalue weighted by Gasteiger charge is -2.05. The summed E-state index contributed by atoms with van der Waals surface area (Å²) in [4.78, 5) is 30.2. The van der Waals surface area contributed by atoms with Gasteiger partial charge in [-0.3, -0.25) is 15.0 Å². The van der Waals surface area contributed by atoms with Crippen LogP contribution in [0.15, 0.2) is 35.7 Å². The Bertz CT molecular complexity index is 832. The molecule has 2 aromatic rings. The van der Waals surface area contributed by atoms with E-state index in [4.69, 9.17) is 5.26 Å². The van der Waals surface area contributed by atoms with Crippen LogP contribution in [0.25, 0.3) is 0 Å². The van der Waals surface area contributed by atoms with Gasteiger partial charge in [0.15, 0.2) is 5.82 Å². The number of nitriles is 1. The number of hydrogen-bond acceptors (Lipinski definition) is 6. The van der Waals surface area contributed by atoms with Crippen molar-refractivity contribution < 1.29 is 9.59 Å². The second-order valence-corrected chi connectivity index (χ2v) is 4.71. The van der Waals surface area contributed by atoms with Crippen molar-refractivity contribution in [3.05, 3.63) is 41.9 Å². The van der Waals surface area contributed by atoms with E-state index < -0.39 is 17.5 Å². The number of amides is 2. The number of rotatable bonds is 5. The van der Waals surface area contributed by atoms with E-state index in [-0.39, 0.29) is 11.5 Å². The molecule has 0 spiro atoms. The van der Waals surface area contributed by atoms with Crippen molar-refractivity contribution in [2.24, 2.45) is 5.10 Å². The molecule has 122 valence electrons. The minimum Gasteiger partial charge on any atom is -0.354 e. The van der Waals surface area contributed by atoms with Crippen molar-refractivity contribution in [1.82, 2.24) is 15.3 Å². The summed E-state index contributed by atoms with van der Waals surface area (Å²) in [5, 5.41) is 17.8. The normalized spacial score (nSPS) is 10.6. The van der Waals surface area contributed by atoms with Crippen molar-refractivity contribution in [3.8, 4) is 6.07 Å². The zero-order chi connectivity index (χ0) is 17.5. The van der Waals surface area contributed by atoms with Crippen LogP contribution in [0.2, 0.25) is 0 Å². The lowest BCUT2D eigenvalue weighted by molar-refractivity contribution is -0.110. The standard InChI is InChI=1S/C15H15N7O2/c1-9-4-3-5-10(6-9)20-14(23)11(7-16)21-22-13-12(15(24)17-2)18-8-19-13/h3-6,8,22H,1-2H3,(H,17,24)(H,18,19)(H,20,23). The zero-order valence-corrected chi connectivity index (χ0v) is 13.0. The topological polar surface area (TPSA) is 135 Å². The second kappa shape index (κ2) is 7.55. The number of aromatic nitrogens is 2. The van der Waals surface area contributed by atoms with Gasteiger partial charge >= 0.3 is 0 Å². The highest BCUT2D eigenvalue weighted by molar-refractivity contribution is 6.48. The molecule has 9 heteroatoms. The first kappa shape index (κ1) is 16.7. The van der Waals surface area contributed by atoms with E-state index in [9.17, 15) is 9.59 Å². The molecule has 1 aromatic carbocycles. The van der Waals surface area contributed by atoms with E-state index in [1.165, 1.54) is 13.4 Å². The molecule has 0 radical (unpaired) electrons. The van der Waals surface area contributed by atoms with Crippen LogP contribution in [-0.4, -0.2) is 34.5 Å². The van der Waals surface area contributed by atoms with Gasteiger partial charge in [0.05, 0.1) is 6.33 Å². The van der Waals surface area contributed by atoms with Crippen LogP contribution < -0.4 is 16.1 Å². The number of carbonyl (C=O) groups excluding carboxylic acids is 2. The number of benzene rings is 1. The summed E-state index contributed by atoms with van der Waals surface area (Å²) < 4.78 is 0. The molecule has 0 saturated heterocycles. The summed E-state index contributed by atoms with van der Waals surface area (Å²) in [5.41, 5.74) is 3.69. The first-order chi connectivity index (χ1) is 11.5. The van der Waals surface area contributed by atoms with Crippen molar-refractivity contribution >= 4 is 29.0 Å². The highest BCUT2D eigenvalue weighted by atomic mass is 16.2. The number of anilines is 2. The van der Waals surface area contributed by atoms with E-state index in [0.29, 0.717) is 5.69 Å². The number of carbonyl (C=O) groups is 2. The van der Waals surface area contributed by atoms with E-state index in [1.54, 1.807) is 24.3 Å². The first-order valence-corrected chi connectivity index (χ1v) is 6.92. The first-order valence-electron chi connectivity index (χ1n) is 6.92. The van der Waals surface area contributed by atoms with Crippen LogP contribution in [-0.2, 0) is 4.79 Å². The number of aryl methyl sites for hydroxylation is 1. The maximum atomic E-state index is 12.1. The van der Waals surface area contributed by atoms with Crippen LogP contribution in [0.3, 0.4) is 0 Å². The molecule has 4 N–H and O–H groups in total. The Kier molecular flexibility index (Phi) is 5.25. The maximum absolute atomic E-state index is 12.1. The van der Waals surface area contributed by atoms with Gasteiger partial charge in [-0.15, -0.1) is 0 Å². The van der Waals surface area contributed by atoms with Crippen molar-refractivity contribution in [2.75, 3.05) is 17.8 Å². The molecule has 2 rings (SSSR count). The predicted octanol–water partition coefficient (Wildman–Crippen LogP) is 1.01. The summed E-state index contributed by atoms with van der Waals surface area (Å²) >= 11 is 0. The average molecular weight is 325 g/mol. The second-order valence-electron chi connectivity index (χ2n) is 4.71. The predicted molar refractivity (Wildman–Crippen MR) is 88.5 cm³/mol. The Labute approximate surface area is 137 Å². The third-order valence-corrected chi connectivity index (χ3v) is 2.96. The van der Waals surface area contributed by atoms with E-state index >= 15 is 0 Å². The van der Waals surface area contributed by atoms with E-state index in [2.05, 4.69) is 31.1 Å². The van der Waals surface area contributed by atoms with Crippen LogP contribution >= 0.6 is 0 Å². The fourth-order valence-electron chi connectivity index (χ4n) is 1.83. The molecule has 0 aliphatic carbocycles. The number of hydrogen-bond donors (Lipinski definition) is 4. The van der Waals surface area contributed by atoms with Gasteiger partial charge in [-0.2, -0.15) is 10.4 Å². The third-order valence-electron chi connectivity index (χ3n) is 2.96. The van der Waals surface area contributed by atoms with E-state index in [1.807, 2.05) is 13.0 Å². The summed E-state index contributed by atoms with van der Waals surface area (Å²) in [7, 11) is 1.46. The van der Waals surface area contributed by atoms with Crippen LogP contribution in [0.4, 0.5) is 11.5 Å². The van der Waals surface area contributed by atoms with Crippen molar-refractivity contribution in [2.45, 2.75) is 6.92 Å². The maximum Gasteiger partial charge on any atom is 0.287 e. The summed E-state index contributed by atoms with van der Waals surface area (Å²) in [6, 6.07) is 8.83. The molecular formula is C15H15N7O2. The highest BCUT2D eigenvalue weighted by Crippen LogP contribution is 2.11. The number of aromatic amines is 1. The summed E-state index contributed by atoms with van der Waals surface area (Å²) in [6.07, 6.45) is 1.29. The minimum atomic E-state index is -0.673. The number of H-pyrrole nitrogens is 1. The lowest BCUT2D eigenvalue weighted by Crippen LogP contribution is -2.23. The van der Waals surface area contributed by atoms with Gasteiger partial charge in [0.1, 0.15) is 11.8 Å². The number of imidazole rings is 1. The fraction of sp³-hybridized carbons (Fsp3) is 0.133. The van der Waals surface area contributed by atoms with Gasteiger partial charge < -0.3 is 15.6 Å². The van der Waals surface area contributed by atoms with Crippen molar-refractivity contribution in [3.63, 3.8) is 0 Å². The molecule has 0 unspecified atom stereocenters. The van der Waals surface area contributed by atoms with E-state index in [0.717, 1.165) is 5.56 Å². The molecule has 1 heterocycles. The molecule has 0 bridgehead atoms. The fourth-order valence-corrected chi connectivity index (χ4v) is 1.83. The minimum absolute atomic E-state index is 0.102. The highest BCUT2D eigenvalue weighted by Gasteiger charge is 2.15. The van der Waals surface area contributed by atoms with Gasteiger partial charge in [0.2, 0.25) is 5.71 Å². The summed E-state index contributed by atoms with van der Waals surface area (Å²) in [6.45, 7) is 1.88. The Morgan fingerprint density at radius 2 is 2.17 bits per heavy atom. The number of nitrogens with zero attached hydrogens (tertiary/aromatic N) is 3. The molecule has 2 amide bonds. The smallest absolute Gasteiger partial charge is 0.287 e. The Morgan fingerprint density at radius 3 is 2.83 bits per heavy atom. The molecule has 24 heavy (non-hydrogen) atoms. The van der Waals surface area contributed by atoms with Gasteiger partial charge in [-0.1, -0.05) is 12.1 Å². The summed E-state index contributed by atoms with van der Waals surface area (Å²) in [5.74, 6) is -0.981. The molecule has 0 aliphatic heterocycles. The monoisotopic (exact) mass is 325 g/mol. The Hall–Kier alpha value is -3.67. The molecule has 0 saturated carbocycles. The largest absolute Gasteiger partial charge is 0.354 e. The van der Waals surface area contributed by atoms with Gasteiger partial charge in [-0.25, -0.2) is 4.98 Å². The van der Waals surface area contributed by atoms with Gasteiger partial charge in [0, 0.05) is 12.7 Å². The molecule has 0 fully saturated rings. The molecule has 9 nitrogen and oxygen atoms in total.